The summed E-state index contributed by atoms with van der Waals surface area (Å²) in [5.41, 5.74) is 11.4. The number of anilines is 1. The molecule has 1 atom stereocenters. The molecule has 4 rings (SSSR count). The van der Waals surface area contributed by atoms with Crippen LogP contribution in [-0.4, -0.2) is 35.3 Å². The molecule has 1 aliphatic rings. The standard InChI is InChI=1S/C32H34N4O4/c33-30(34)26-7-4-8-27(20-26)36-32(40)28(24-15-13-23(14-16-24)22-5-2-1-3-6-22)19-21-9-11-25(12-10-21)31(39)35-18-17-29(37)38/h4-5,7-16,20,28H,1-3,6,17-19H2,(H3,33,34)(H,35,39)(H,36,40)(H,37,38). The molecule has 40 heavy (non-hydrogen) atoms. The zero-order chi connectivity index (χ0) is 28.5. The lowest BCUT2D eigenvalue weighted by Gasteiger charge is -2.19. The van der Waals surface area contributed by atoms with Gasteiger partial charge in [-0.2, -0.15) is 0 Å². The van der Waals surface area contributed by atoms with Crippen LogP contribution in [0.3, 0.4) is 0 Å². The smallest absolute Gasteiger partial charge is 0.305 e. The van der Waals surface area contributed by atoms with Crippen LogP contribution in [0.4, 0.5) is 5.69 Å². The lowest BCUT2D eigenvalue weighted by Crippen LogP contribution is -2.26. The highest BCUT2D eigenvalue weighted by Crippen LogP contribution is 2.29. The van der Waals surface area contributed by atoms with E-state index in [0.29, 0.717) is 23.2 Å². The summed E-state index contributed by atoms with van der Waals surface area (Å²) in [5.74, 6) is -2.10. The summed E-state index contributed by atoms with van der Waals surface area (Å²) in [7, 11) is 0. The molecular formula is C32H34N4O4. The van der Waals surface area contributed by atoms with Crippen LogP contribution >= 0.6 is 0 Å². The first-order valence-corrected chi connectivity index (χ1v) is 13.4. The third kappa shape index (κ3) is 7.66. The molecule has 0 saturated heterocycles. The van der Waals surface area contributed by atoms with E-state index in [-0.39, 0.29) is 30.6 Å². The van der Waals surface area contributed by atoms with Crippen LogP contribution in [-0.2, 0) is 16.0 Å². The highest BCUT2D eigenvalue weighted by Gasteiger charge is 2.22. The summed E-state index contributed by atoms with van der Waals surface area (Å²) in [6, 6.07) is 22.0. The third-order valence-electron chi connectivity index (χ3n) is 7.01. The molecule has 0 saturated carbocycles. The molecule has 0 aromatic heterocycles. The number of aliphatic carboxylic acids is 1. The summed E-state index contributed by atoms with van der Waals surface area (Å²) in [5, 5.41) is 22.0. The van der Waals surface area contributed by atoms with Gasteiger partial charge >= 0.3 is 5.97 Å². The number of carbonyl (C=O) groups excluding carboxylic acids is 2. The number of allylic oxidation sites excluding steroid dienone is 2. The first kappa shape index (κ1) is 28.3. The molecule has 0 heterocycles. The maximum atomic E-state index is 13.6. The number of carboxylic acid groups (broad SMARTS) is 1. The Balaban J connectivity index is 1.54. The topological polar surface area (TPSA) is 145 Å². The van der Waals surface area contributed by atoms with E-state index in [1.54, 1.807) is 36.4 Å². The van der Waals surface area contributed by atoms with Gasteiger partial charge in [-0.1, -0.05) is 54.6 Å². The number of nitrogen functional groups attached to an aromatic ring is 1. The lowest BCUT2D eigenvalue weighted by atomic mass is 9.88. The number of hydrogen-bond donors (Lipinski definition) is 5. The van der Waals surface area contributed by atoms with E-state index in [9.17, 15) is 14.4 Å². The summed E-state index contributed by atoms with van der Waals surface area (Å²) < 4.78 is 0. The number of carboxylic acids is 1. The number of carbonyl (C=O) groups is 3. The highest BCUT2D eigenvalue weighted by molar-refractivity contribution is 5.99. The van der Waals surface area contributed by atoms with Gasteiger partial charge in [0.15, 0.2) is 0 Å². The molecule has 0 fully saturated rings. The Morgan fingerprint density at radius 2 is 1.70 bits per heavy atom. The number of hydrogen-bond acceptors (Lipinski definition) is 4. The maximum Gasteiger partial charge on any atom is 0.305 e. The Morgan fingerprint density at radius 1 is 0.950 bits per heavy atom. The Morgan fingerprint density at radius 3 is 2.35 bits per heavy atom. The van der Waals surface area contributed by atoms with Crippen LogP contribution in [0.2, 0.25) is 0 Å². The van der Waals surface area contributed by atoms with Crippen LogP contribution in [0.5, 0.6) is 0 Å². The van der Waals surface area contributed by atoms with Crippen LogP contribution in [0.1, 0.15) is 70.6 Å². The minimum absolute atomic E-state index is 0.0515. The number of nitrogens with one attached hydrogen (secondary N) is 3. The van der Waals surface area contributed by atoms with Gasteiger partial charge < -0.3 is 21.5 Å². The summed E-state index contributed by atoms with van der Waals surface area (Å²) >= 11 is 0. The number of amidine groups is 1. The maximum absolute atomic E-state index is 13.6. The van der Waals surface area contributed by atoms with E-state index >= 15 is 0 Å². The van der Waals surface area contributed by atoms with E-state index in [4.69, 9.17) is 16.2 Å². The second kappa shape index (κ2) is 13.4. The van der Waals surface area contributed by atoms with Crippen molar-refractivity contribution in [2.24, 2.45) is 5.73 Å². The van der Waals surface area contributed by atoms with Gasteiger partial charge in [0.2, 0.25) is 5.91 Å². The van der Waals surface area contributed by atoms with Gasteiger partial charge in [-0.05, 0) is 78.6 Å². The van der Waals surface area contributed by atoms with Crippen molar-refractivity contribution < 1.29 is 19.5 Å². The number of amides is 2. The average molecular weight is 539 g/mol. The van der Waals surface area contributed by atoms with E-state index in [2.05, 4.69) is 28.8 Å². The molecule has 2 amide bonds. The molecule has 1 aliphatic carbocycles. The van der Waals surface area contributed by atoms with Gasteiger partial charge in [0.1, 0.15) is 5.84 Å². The predicted octanol–water partition coefficient (Wildman–Crippen LogP) is 5.10. The molecule has 206 valence electrons. The Bertz CT molecular complexity index is 1410. The summed E-state index contributed by atoms with van der Waals surface area (Å²) in [6.45, 7) is 0.0515. The third-order valence-corrected chi connectivity index (χ3v) is 7.01. The SMILES string of the molecule is N=C(N)c1cccc(NC(=O)C(Cc2ccc(C(=O)NCCC(=O)O)cc2)c2ccc(C3=CCCCC3)cc2)c1. The fourth-order valence-electron chi connectivity index (χ4n) is 4.80. The molecule has 8 nitrogen and oxygen atoms in total. The molecule has 0 bridgehead atoms. The van der Waals surface area contributed by atoms with E-state index in [1.807, 2.05) is 24.3 Å². The molecule has 0 radical (unpaired) electrons. The van der Waals surface area contributed by atoms with Gasteiger partial charge in [-0.25, -0.2) is 0 Å². The highest BCUT2D eigenvalue weighted by atomic mass is 16.4. The van der Waals surface area contributed by atoms with Crippen LogP contribution in [0.15, 0.2) is 78.9 Å². The molecule has 0 aliphatic heterocycles. The van der Waals surface area contributed by atoms with Crippen molar-refractivity contribution in [3.05, 3.63) is 107 Å². The average Bonchev–Trinajstić information content (AvgIpc) is 2.96. The molecule has 3 aromatic carbocycles. The Hall–Kier alpha value is -4.72. The second-order valence-electron chi connectivity index (χ2n) is 9.93. The Kier molecular flexibility index (Phi) is 9.46. The van der Waals surface area contributed by atoms with Gasteiger partial charge in [0.25, 0.3) is 5.91 Å². The molecule has 3 aromatic rings. The summed E-state index contributed by atoms with van der Waals surface area (Å²) in [4.78, 5) is 36.6. The molecule has 0 spiro atoms. The van der Waals surface area contributed by atoms with Crippen LogP contribution in [0, 0.1) is 5.41 Å². The van der Waals surface area contributed by atoms with Crippen LogP contribution < -0.4 is 16.4 Å². The fourth-order valence-corrected chi connectivity index (χ4v) is 4.80. The second-order valence-corrected chi connectivity index (χ2v) is 9.93. The fraction of sp³-hybridized carbons (Fsp3) is 0.250. The normalized spacial score (nSPS) is 13.6. The minimum Gasteiger partial charge on any atom is -0.481 e. The zero-order valence-electron chi connectivity index (χ0n) is 22.3. The first-order chi connectivity index (χ1) is 19.3. The largest absolute Gasteiger partial charge is 0.481 e. The van der Waals surface area contributed by atoms with E-state index < -0.39 is 11.9 Å². The van der Waals surface area contributed by atoms with Crippen LogP contribution in [0.25, 0.3) is 5.57 Å². The van der Waals surface area contributed by atoms with Crippen molar-refractivity contribution in [1.29, 1.82) is 5.41 Å². The lowest BCUT2D eigenvalue weighted by molar-refractivity contribution is -0.136. The zero-order valence-corrected chi connectivity index (χ0v) is 22.3. The molecule has 1 unspecified atom stereocenters. The molecule has 6 N–H and O–H groups in total. The quantitative estimate of drug-likeness (QED) is 0.170. The number of benzene rings is 3. The van der Waals surface area contributed by atoms with Crippen molar-refractivity contribution in [3.63, 3.8) is 0 Å². The van der Waals surface area contributed by atoms with Crippen molar-refractivity contribution >= 4 is 34.9 Å². The van der Waals surface area contributed by atoms with Crippen molar-refractivity contribution in [3.8, 4) is 0 Å². The predicted molar refractivity (Wildman–Crippen MR) is 156 cm³/mol. The van der Waals surface area contributed by atoms with Gasteiger partial charge in [0.05, 0.1) is 12.3 Å². The van der Waals surface area contributed by atoms with Gasteiger partial charge in [-0.15, -0.1) is 0 Å². The van der Waals surface area contributed by atoms with Crippen molar-refractivity contribution in [2.75, 3.05) is 11.9 Å². The first-order valence-electron chi connectivity index (χ1n) is 13.4. The van der Waals surface area contributed by atoms with E-state index in [0.717, 1.165) is 24.0 Å². The Labute approximate surface area is 233 Å². The van der Waals surface area contributed by atoms with Gasteiger partial charge in [0, 0.05) is 23.4 Å². The number of nitrogens with two attached hydrogens (primary N) is 1. The summed E-state index contributed by atoms with van der Waals surface area (Å²) in [6.07, 6.45) is 7.11. The van der Waals surface area contributed by atoms with Gasteiger partial charge in [-0.3, -0.25) is 19.8 Å². The minimum atomic E-state index is -0.975. The van der Waals surface area contributed by atoms with Crippen molar-refractivity contribution in [2.45, 2.75) is 44.4 Å². The molecular weight excluding hydrogens is 504 g/mol. The van der Waals surface area contributed by atoms with E-state index in [1.165, 1.54) is 24.0 Å². The number of rotatable bonds is 11. The van der Waals surface area contributed by atoms with Crippen molar-refractivity contribution in [1.82, 2.24) is 5.32 Å². The monoisotopic (exact) mass is 538 g/mol. The molecule has 8 heteroatoms.